The summed E-state index contributed by atoms with van der Waals surface area (Å²) in [6, 6.07) is 8.83. The molecule has 0 aliphatic carbocycles. The van der Waals surface area contributed by atoms with E-state index in [-0.39, 0.29) is 34.5 Å². The number of likely N-dealkylation sites (tertiary alicyclic amines) is 1. The third-order valence-electron chi connectivity index (χ3n) is 5.51. The Morgan fingerprint density at radius 1 is 1.09 bits per heavy atom. The summed E-state index contributed by atoms with van der Waals surface area (Å²) in [5.41, 5.74) is 0.969. The maximum Gasteiger partial charge on any atom is 0.339 e. The van der Waals surface area contributed by atoms with E-state index >= 15 is 0 Å². The van der Waals surface area contributed by atoms with Crippen LogP contribution in [0, 0.1) is 11.7 Å². The van der Waals surface area contributed by atoms with Gasteiger partial charge in [-0.15, -0.1) is 0 Å². The minimum absolute atomic E-state index is 0.139. The van der Waals surface area contributed by atoms with Crippen molar-refractivity contribution >= 4 is 35.1 Å². The van der Waals surface area contributed by atoms with E-state index in [2.05, 4.69) is 5.32 Å². The Kier molecular flexibility index (Phi) is 7.82. The molecule has 1 saturated heterocycles. The molecule has 1 heterocycles. The van der Waals surface area contributed by atoms with Crippen molar-refractivity contribution in [3.05, 3.63) is 63.9 Å². The lowest BCUT2D eigenvalue weighted by atomic mass is 9.95. The van der Waals surface area contributed by atoms with Gasteiger partial charge in [-0.3, -0.25) is 9.69 Å². The maximum atomic E-state index is 14.1. The van der Waals surface area contributed by atoms with Gasteiger partial charge in [0.05, 0.1) is 31.0 Å². The zero-order valence-electron chi connectivity index (χ0n) is 17.8. The van der Waals surface area contributed by atoms with Crippen molar-refractivity contribution in [2.24, 2.45) is 5.92 Å². The Morgan fingerprint density at radius 2 is 1.78 bits per heavy atom. The van der Waals surface area contributed by atoms with Crippen molar-refractivity contribution in [2.45, 2.75) is 19.4 Å². The predicted octanol–water partition coefficient (Wildman–Crippen LogP) is 3.90. The summed E-state index contributed by atoms with van der Waals surface area (Å²) in [6.07, 6.45) is 1.12. The number of amides is 1. The van der Waals surface area contributed by atoms with Crippen LogP contribution in [0.3, 0.4) is 0 Å². The number of ether oxygens (including phenoxy) is 2. The molecule has 2 aromatic carbocycles. The van der Waals surface area contributed by atoms with Crippen LogP contribution in [0.5, 0.6) is 0 Å². The number of hydrogen-bond acceptors (Lipinski definition) is 6. The number of carbonyl (C=O) groups is 3. The van der Waals surface area contributed by atoms with Gasteiger partial charge in [0.15, 0.2) is 0 Å². The van der Waals surface area contributed by atoms with E-state index in [4.69, 9.17) is 21.1 Å². The van der Waals surface area contributed by atoms with E-state index in [1.54, 1.807) is 12.1 Å². The van der Waals surface area contributed by atoms with Crippen molar-refractivity contribution in [2.75, 3.05) is 32.6 Å². The van der Waals surface area contributed by atoms with Crippen LogP contribution in [0.15, 0.2) is 36.4 Å². The van der Waals surface area contributed by atoms with Crippen LogP contribution in [-0.4, -0.2) is 50.1 Å². The second-order valence-electron chi connectivity index (χ2n) is 7.48. The largest absolute Gasteiger partial charge is 0.465 e. The number of benzene rings is 2. The normalized spacial score (nSPS) is 14.6. The van der Waals surface area contributed by atoms with Gasteiger partial charge in [-0.05, 0) is 56.3 Å². The average molecular weight is 463 g/mol. The first-order valence-electron chi connectivity index (χ1n) is 10.1. The van der Waals surface area contributed by atoms with Gasteiger partial charge in [-0.2, -0.15) is 0 Å². The number of rotatable bonds is 6. The lowest BCUT2D eigenvalue weighted by molar-refractivity contribution is -0.121. The van der Waals surface area contributed by atoms with Crippen molar-refractivity contribution in [3.63, 3.8) is 0 Å². The highest BCUT2D eigenvalue weighted by atomic mass is 35.5. The van der Waals surface area contributed by atoms with Gasteiger partial charge in [0.25, 0.3) is 0 Å². The summed E-state index contributed by atoms with van der Waals surface area (Å²) in [7, 11) is 2.48. The third kappa shape index (κ3) is 5.44. The van der Waals surface area contributed by atoms with E-state index in [1.807, 2.05) is 4.90 Å². The number of nitrogens with one attached hydrogen (secondary N) is 1. The summed E-state index contributed by atoms with van der Waals surface area (Å²) >= 11 is 6.11. The molecule has 1 aliphatic rings. The molecule has 0 aromatic heterocycles. The van der Waals surface area contributed by atoms with Crippen molar-refractivity contribution < 1.29 is 28.2 Å². The molecule has 7 nitrogen and oxygen atoms in total. The van der Waals surface area contributed by atoms with Crippen molar-refractivity contribution in [1.29, 1.82) is 0 Å². The fourth-order valence-corrected chi connectivity index (χ4v) is 3.90. The van der Waals surface area contributed by atoms with Crippen LogP contribution >= 0.6 is 11.6 Å². The number of methoxy groups -OCH3 is 2. The number of hydrogen-bond donors (Lipinski definition) is 1. The molecule has 0 bridgehead atoms. The van der Waals surface area contributed by atoms with Crippen molar-refractivity contribution in [1.82, 2.24) is 4.90 Å². The number of halogens is 2. The third-order valence-corrected chi connectivity index (χ3v) is 5.86. The molecule has 0 saturated carbocycles. The minimum Gasteiger partial charge on any atom is -0.465 e. The Labute approximate surface area is 190 Å². The summed E-state index contributed by atoms with van der Waals surface area (Å²) in [5, 5.41) is 3.13. The topological polar surface area (TPSA) is 84.9 Å². The maximum absolute atomic E-state index is 14.1. The predicted molar refractivity (Wildman–Crippen MR) is 117 cm³/mol. The highest BCUT2D eigenvalue weighted by molar-refractivity contribution is 6.31. The zero-order chi connectivity index (χ0) is 23.3. The molecule has 170 valence electrons. The summed E-state index contributed by atoms with van der Waals surface area (Å²) < 4.78 is 23.5. The van der Waals surface area contributed by atoms with Gasteiger partial charge in [0.2, 0.25) is 5.91 Å². The van der Waals surface area contributed by atoms with E-state index in [0.717, 1.165) is 0 Å². The molecule has 3 rings (SSSR count). The van der Waals surface area contributed by atoms with Crippen molar-refractivity contribution in [3.8, 4) is 0 Å². The minimum atomic E-state index is -0.631. The molecule has 1 aliphatic heterocycles. The smallest absolute Gasteiger partial charge is 0.339 e. The molecular formula is C23H24ClFN2O5. The molecule has 1 amide bonds. The number of esters is 2. The van der Waals surface area contributed by atoms with E-state index in [0.29, 0.717) is 43.1 Å². The first kappa shape index (κ1) is 23.7. The molecule has 9 heteroatoms. The Bertz CT molecular complexity index is 1000. The molecule has 0 unspecified atom stereocenters. The Hall–Kier alpha value is -2.97. The fourth-order valence-electron chi connectivity index (χ4n) is 3.68. The standard InChI is InChI=1S/C23H24ClFN2O5/c1-31-22(29)15-6-7-16(23(30)32-2)20(12-15)26-21(28)14-8-10-27(11-9-14)13-17-18(24)4-3-5-19(17)25/h3-7,12,14H,8-11,13H2,1-2H3,(H,26,28). The monoisotopic (exact) mass is 462 g/mol. The highest BCUT2D eigenvalue weighted by Crippen LogP contribution is 2.26. The van der Waals surface area contributed by atoms with Crippen LogP contribution in [0.25, 0.3) is 0 Å². The Balaban J connectivity index is 1.67. The van der Waals surface area contributed by atoms with Gasteiger partial charge in [-0.1, -0.05) is 17.7 Å². The lowest BCUT2D eigenvalue weighted by Crippen LogP contribution is -2.38. The molecule has 32 heavy (non-hydrogen) atoms. The SMILES string of the molecule is COC(=O)c1ccc(C(=O)OC)c(NC(=O)C2CCN(Cc3c(F)cccc3Cl)CC2)c1. The first-order valence-corrected chi connectivity index (χ1v) is 10.5. The molecule has 2 aromatic rings. The fraction of sp³-hybridized carbons (Fsp3) is 0.348. The summed E-state index contributed by atoms with van der Waals surface area (Å²) in [4.78, 5) is 38.8. The van der Waals surface area contributed by atoms with Crippen LogP contribution < -0.4 is 5.32 Å². The molecular weight excluding hydrogens is 439 g/mol. The number of nitrogens with zero attached hydrogens (tertiary/aromatic N) is 1. The van der Waals surface area contributed by atoms with Gasteiger partial charge in [0.1, 0.15) is 5.82 Å². The Morgan fingerprint density at radius 3 is 2.41 bits per heavy atom. The quantitative estimate of drug-likeness (QED) is 0.655. The second kappa shape index (κ2) is 10.6. The number of piperidine rings is 1. The van der Waals surface area contributed by atoms with Gasteiger partial charge < -0.3 is 14.8 Å². The molecule has 1 N–H and O–H groups in total. The zero-order valence-corrected chi connectivity index (χ0v) is 18.6. The van der Waals surface area contributed by atoms with E-state index in [9.17, 15) is 18.8 Å². The van der Waals surface area contributed by atoms with E-state index in [1.165, 1.54) is 38.5 Å². The first-order chi connectivity index (χ1) is 15.3. The molecule has 0 spiro atoms. The number of carbonyl (C=O) groups excluding carboxylic acids is 3. The van der Waals surface area contributed by atoms with Crippen LogP contribution in [0.2, 0.25) is 5.02 Å². The van der Waals surface area contributed by atoms with E-state index < -0.39 is 11.9 Å². The van der Waals surface area contributed by atoms with Gasteiger partial charge in [-0.25, -0.2) is 14.0 Å². The molecule has 1 fully saturated rings. The van der Waals surface area contributed by atoms with Gasteiger partial charge in [0, 0.05) is 23.0 Å². The van der Waals surface area contributed by atoms with Crippen LogP contribution in [0.4, 0.5) is 10.1 Å². The summed E-state index contributed by atoms with van der Waals surface area (Å²) in [6.45, 7) is 1.55. The number of anilines is 1. The van der Waals surface area contributed by atoms with Gasteiger partial charge >= 0.3 is 11.9 Å². The van der Waals surface area contributed by atoms with Crippen LogP contribution in [-0.2, 0) is 20.8 Å². The molecule has 0 atom stereocenters. The molecule has 0 radical (unpaired) electrons. The average Bonchev–Trinajstić information content (AvgIpc) is 2.80. The highest BCUT2D eigenvalue weighted by Gasteiger charge is 2.27. The van der Waals surface area contributed by atoms with Crippen LogP contribution in [0.1, 0.15) is 39.1 Å². The second-order valence-corrected chi connectivity index (χ2v) is 7.89. The lowest BCUT2D eigenvalue weighted by Gasteiger charge is -2.31. The summed E-state index contributed by atoms with van der Waals surface area (Å²) in [5.74, 6) is -2.13.